The molecule has 2 aromatic carbocycles. The van der Waals surface area contributed by atoms with Crippen LogP contribution in [-0.2, 0) is 0 Å². The summed E-state index contributed by atoms with van der Waals surface area (Å²) in [4.78, 5) is 34.1. The minimum atomic E-state index is -0.124. The molecule has 34 heavy (non-hydrogen) atoms. The zero-order chi connectivity index (χ0) is 24.0. The fourth-order valence-electron chi connectivity index (χ4n) is 5.07. The number of fused-ring (bicyclic) bond motifs is 1. The summed E-state index contributed by atoms with van der Waals surface area (Å²) >= 11 is 1.56. The van der Waals surface area contributed by atoms with Crippen LogP contribution < -0.4 is 10.1 Å². The summed E-state index contributed by atoms with van der Waals surface area (Å²) < 4.78 is 5.24. The lowest BCUT2D eigenvalue weighted by atomic mass is 10.1. The van der Waals surface area contributed by atoms with Gasteiger partial charge in [-0.1, -0.05) is 29.8 Å². The third kappa shape index (κ3) is 4.20. The average Bonchev–Trinajstić information content (AvgIpc) is 3.33. The Morgan fingerprint density at radius 3 is 2.74 bits per heavy atom. The van der Waals surface area contributed by atoms with Gasteiger partial charge in [0, 0.05) is 18.7 Å². The number of likely N-dealkylation sites (tertiary alicyclic amines) is 1. The summed E-state index contributed by atoms with van der Waals surface area (Å²) in [6.07, 6.45) is 1.12. The molecule has 0 radical (unpaired) electrons. The molecule has 1 saturated carbocycles. The minimum absolute atomic E-state index is 0.00706. The van der Waals surface area contributed by atoms with Gasteiger partial charge in [-0.05, 0) is 68.4 Å². The lowest BCUT2D eigenvalue weighted by Crippen LogP contribution is -2.45. The molecule has 6 nitrogen and oxygen atoms in total. The Kier molecular flexibility index (Phi) is 5.90. The van der Waals surface area contributed by atoms with Crippen LogP contribution in [0, 0.1) is 32.6 Å². The molecule has 0 spiro atoms. The molecule has 3 aromatic rings. The summed E-state index contributed by atoms with van der Waals surface area (Å²) in [6.45, 7) is 7.07. The number of aryl methyl sites for hydroxylation is 3. The number of methoxy groups -OCH3 is 1. The van der Waals surface area contributed by atoms with E-state index in [4.69, 9.17) is 4.74 Å². The number of hydrogen-bond acceptors (Lipinski definition) is 5. The van der Waals surface area contributed by atoms with Gasteiger partial charge in [0.05, 0.1) is 23.0 Å². The van der Waals surface area contributed by atoms with Crippen molar-refractivity contribution in [2.75, 3.05) is 20.2 Å². The van der Waals surface area contributed by atoms with Gasteiger partial charge in [-0.25, -0.2) is 4.98 Å². The number of nitrogens with one attached hydrogen (secondary N) is 1. The number of hydrogen-bond donors (Lipinski definition) is 1. The highest BCUT2D eigenvalue weighted by molar-refractivity contribution is 7.15. The Hall–Kier alpha value is -3.19. The summed E-state index contributed by atoms with van der Waals surface area (Å²) in [5.41, 5.74) is 4.19. The van der Waals surface area contributed by atoms with E-state index >= 15 is 0 Å². The van der Waals surface area contributed by atoms with Gasteiger partial charge in [0.15, 0.2) is 0 Å². The SMILES string of the molecule is COc1ccc(C(=O)NCC2C3CC3CN2C(=O)c2nc(C)sc2-c2cccc(C)c2)c(C)c1. The molecule has 2 amide bonds. The maximum Gasteiger partial charge on any atom is 0.274 e. The number of carbonyl (C=O) groups excluding carboxylic acids is 2. The predicted octanol–water partition coefficient (Wildman–Crippen LogP) is 4.63. The van der Waals surface area contributed by atoms with Crippen LogP contribution in [0.1, 0.15) is 43.4 Å². The summed E-state index contributed by atoms with van der Waals surface area (Å²) in [5.74, 6) is 1.54. The number of thiazole rings is 1. The molecule has 3 atom stereocenters. The van der Waals surface area contributed by atoms with E-state index in [1.54, 1.807) is 30.6 Å². The van der Waals surface area contributed by atoms with Crippen molar-refractivity contribution in [2.24, 2.45) is 11.8 Å². The van der Waals surface area contributed by atoms with Crippen LogP contribution in [0.4, 0.5) is 0 Å². The number of aromatic nitrogens is 1. The zero-order valence-electron chi connectivity index (χ0n) is 19.9. The van der Waals surface area contributed by atoms with Gasteiger partial charge in [0.2, 0.25) is 0 Å². The van der Waals surface area contributed by atoms with E-state index in [0.29, 0.717) is 29.6 Å². The first-order valence-corrected chi connectivity index (χ1v) is 12.5. The first-order chi connectivity index (χ1) is 16.4. The number of rotatable bonds is 6. The monoisotopic (exact) mass is 475 g/mol. The molecule has 1 aromatic heterocycles. The van der Waals surface area contributed by atoms with Crippen LogP contribution in [0.5, 0.6) is 5.75 Å². The van der Waals surface area contributed by atoms with Crippen molar-refractivity contribution >= 4 is 23.2 Å². The Labute approximate surface area is 204 Å². The quantitative estimate of drug-likeness (QED) is 0.564. The molecule has 1 aliphatic carbocycles. The topological polar surface area (TPSA) is 71.5 Å². The summed E-state index contributed by atoms with van der Waals surface area (Å²) in [6, 6.07) is 13.6. The molecule has 7 heteroatoms. The van der Waals surface area contributed by atoms with Crippen LogP contribution in [-0.4, -0.2) is 47.9 Å². The zero-order valence-corrected chi connectivity index (χ0v) is 20.7. The van der Waals surface area contributed by atoms with Gasteiger partial charge in [-0.3, -0.25) is 9.59 Å². The van der Waals surface area contributed by atoms with Crippen molar-refractivity contribution in [2.45, 2.75) is 33.2 Å². The van der Waals surface area contributed by atoms with E-state index in [2.05, 4.69) is 29.4 Å². The number of benzene rings is 2. The van der Waals surface area contributed by atoms with Crippen molar-refractivity contribution in [3.8, 4) is 16.2 Å². The maximum absolute atomic E-state index is 13.7. The lowest BCUT2D eigenvalue weighted by molar-refractivity contribution is 0.0690. The highest BCUT2D eigenvalue weighted by Gasteiger charge is 2.54. The smallest absolute Gasteiger partial charge is 0.274 e. The number of nitrogens with zero attached hydrogens (tertiary/aromatic N) is 2. The lowest BCUT2D eigenvalue weighted by Gasteiger charge is -2.27. The van der Waals surface area contributed by atoms with Crippen molar-refractivity contribution in [3.05, 3.63) is 69.9 Å². The van der Waals surface area contributed by atoms with Crippen molar-refractivity contribution < 1.29 is 14.3 Å². The largest absolute Gasteiger partial charge is 0.497 e. The molecule has 2 aliphatic rings. The molecule has 5 rings (SSSR count). The second-order valence-electron chi connectivity index (χ2n) is 9.36. The van der Waals surface area contributed by atoms with Gasteiger partial charge in [0.25, 0.3) is 11.8 Å². The van der Waals surface area contributed by atoms with Gasteiger partial charge >= 0.3 is 0 Å². The van der Waals surface area contributed by atoms with Gasteiger partial charge in [-0.15, -0.1) is 11.3 Å². The van der Waals surface area contributed by atoms with Gasteiger partial charge in [-0.2, -0.15) is 0 Å². The summed E-state index contributed by atoms with van der Waals surface area (Å²) in [5, 5.41) is 3.96. The van der Waals surface area contributed by atoms with E-state index in [9.17, 15) is 9.59 Å². The molecule has 2 fully saturated rings. The van der Waals surface area contributed by atoms with E-state index < -0.39 is 0 Å². The third-order valence-electron chi connectivity index (χ3n) is 6.93. The first kappa shape index (κ1) is 22.6. The van der Waals surface area contributed by atoms with Crippen LogP contribution in [0.15, 0.2) is 42.5 Å². The first-order valence-electron chi connectivity index (χ1n) is 11.6. The maximum atomic E-state index is 13.7. The number of piperidine rings is 1. The number of ether oxygens (including phenoxy) is 1. The molecular formula is C27H29N3O3S. The van der Waals surface area contributed by atoms with Gasteiger partial charge < -0.3 is 15.0 Å². The fraction of sp³-hybridized carbons (Fsp3) is 0.370. The van der Waals surface area contributed by atoms with E-state index in [1.165, 1.54) is 0 Å². The van der Waals surface area contributed by atoms with E-state index in [0.717, 1.165) is 45.3 Å². The molecule has 3 unspecified atom stereocenters. The standard InChI is InChI=1S/C27H29N3O3S/c1-15-6-5-7-18(10-15)25-24(29-17(3)34-25)27(32)30-14-19-12-22(19)23(30)13-28-26(31)21-9-8-20(33-4)11-16(21)2/h5-11,19,22-23H,12-14H2,1-4H3,(H,28,31). The molecule has 1 aliphatic heterocycles. The second-order valence-corrected chi connectivity index (χ2v) is 10.6. The van der Waals surface area contributed by atoms with Crippen LogP contribution >= 0.6 is 11.3 Å². The summed E-state index contributed by atoms with van der Waals surface area (Å²) in [7, 11) is 1.61. The van der Waals surface area contributed by atoms with Crippen molar-refractivity contribution in [1.29, 1.82) is 0 Å². The molecule has 1 saturated heterocycles. The molecule has 0 bridgehead atoms. The Morgan fingerprint density at radius 1 is 1.18 bits per heavy atom. The molecule has 2 heterocycles. The predicted molar refractivity (Wildman–Crippen MR) is 134 cm³/mol. The Bertz CT molecular complexity index is 1270. The van der Waals surface area contributed by atoms with Crippen LogP contribution in [0.25, 0.3) is 10.4 Å². The van der Waals surface area contributed by atoms with Crippen LogP contribution in [0.3, 0.4) is 0 Å². The van der Waals surface area contributed by atoms with Gasteiger partial charge in [0.1, 0.15) is 11.4 Å². The average molecular weight is 476 g/mol. The third-order valence-corrected chi connectivity index (χ3v) is 7.95. The fourth-order valence-corrected chi connectivity index (χ4v) is 5.97. The Balaban J connectivity index is 1.34. The van der Waals surface area contributed by atoms with Crippen molar-refractivity contribution in [1.82, 2.24) is 15.2 Å². The van der Waals surface area contributed by atoms with E-state index in [-0.39, 0.29) is 17.9 Å². The van der Waals surface area contributed by atoms with Crippen LogP contribution in [0.2, 0.25) is 0 Å². The normalized spacial score (nSPS) is 20.7. The molecule has 176 valence electrons. The highest BCUT2D eigenvalue weighted by Crippen LogP contribution is 2.50. The highest BCUT2D eigenvalue weighted by atomic mass is 32.1. The Morgan fingerprint density at radius 2 is 2.00 bits per heavy atom. The molecule has 1 N–H and O–H groups in total. The number of amides is 2. The second kappa shape index (κ2) is 8.87. The molecular weight excluding hydrogens is 446 g/mol. The van der Waals surface area contributed by atoms with Crippen molar-refractivity contribution in [3.63, 3.8) is 0 Å². The number of carbonyl (C=O) groups is 2. The van der Waals surface area contributed by atoms with E-state index in [1.807, 2.05) is 36.9 Å². The minimum Gasteiger partial charge on any atom is -0.497 e.